The minimum atomic E-state index is 0.422. The van der Waals surface area contributed by atoms with E-state index in [9.17, 15) is 0 Å². The van der Waals surface area contributed by atoms with Crippen LogP contribution in [-0.2, 0) is 4.74 Å². The SMILES string of the molecule is CC(C)CC1OC(C(C)C)C(C(C)C)C(C(C)C)C1C(C)C. The van der Waals surface area contributed by atoms with Crippen LogP contribution in [-0.4, -0.2) is 12.2 Å². The van der Waals surface area contributed by atoms with Gasteiger partial charge in [-0.15, -0.1) is 0 Å². The molecule has 0 amide bonds. The summed E-state index contributed by atoms with van der Waals surface area (Å²) < 4.78 is 6.79. The molecular formula is C21H42O. The van der Waals surface area contributed by atoms with Gasteiger partial charge in [-0.05, 0) is 53.8 Å². The molecule has 0 aromatic heterocycles. The summed E-state index contributed by atoms with van der Waals surface area (Å²) in [5.74, 6) is 5.62. The molecule has 1 fully saturated rings. The second kappa shape index (κ2) is 8.18. The fourth-order valence-corrected chi connectivity index (χ4v) is 4.97. The van der Waals surface area contributed by atoms with Crippen LogP contribution in [0.25, 0.3) is 0 Å². The van der Waals surface area contributed by atoms with Gasteiger partial charge in [0.25, 0.3) is 0 Å². The molecule has 0 aliphatic carbocycles. The summed E-state index contributed by atoms with van der Waals surface area (Å²) in [6, 6.07) is 0. The van der Waals surface area contributed by atoms with Crippen LogP contribution in [0, 0.1) is 47.3 Å². The molecule has 0 spiro atoms. The smallest absolute Gasteiger partial charge is 0.0635 e. The fraction of sp³-hybridized carbons (Fsp3) is 1.00. The maximum atomic E-state index is 6.79. The van der Waals surface area contributed by atoms with E-state index in [1.807, 2.05) is 0 Å². The van der Waals surface area contributed by atoms with E-state index < -0.39 is 0 Å². The normalized spacial score (nSPS) is 33.7. The number of rotatable bonds is 6. The van der Waals surface area contributed by atoms with Gasteiger partial charge in [-0.2, -0.15) is 0 Å². The van der Waals surface area contributed by atoms with Crippen LogP contribution in [0.1, 0.15) is 75.7 Å². The van der Waals surface area contributed by atoms with E-state index in [1.165, 1.54) is 6.42 Å². The Kier molecular flexibility index (Phi) is 7.43. The quantitative estimate of drug-likeness (QED) is 0.561. The Morgan fingerprint density at radius 2 is 1.05 bits per heavy atom. The number of hydrogen-bond acceptors (Lipinski definition) is 1. The topological polar surface area (TPSA) is 9.23 Å². The predicted molar refractivity (Wildman–Crippen MR) is 97.9 cm³/mol. The minimum Gasteiger partial charge on any atom is -0.374 e. The zero-order valence-corrected chi connectivity index (χ0v) is 16.9. The third-order valence-corrected chi connectivity index (χ3v) is 5.70. The molecule has 1 aliphatic heterocycles. The monoisotopic (exact) mass is 310 g/mol. The van der Waals surface area contributed by atoms with E-state index in [0.29, 0.717) is 47.7 Å². The molecule has 132 valence electrons. The summed E-state index contributed by atoms with van der Waals surface area (Å²) in [7, 11) is 0. The Bertz CT molecular complexity index is 316. The summed E-state index contributed by atoms with van der Waals surface area (Å²) in [6.45, 7) is 23.9. The van der Waals surface area contributed by atoms with Crippen LogP contribution < -0.4 is 0 Å². The highest BCUT2D eigenvalue weighted by atomic mass is 16.5. The van der Waals surface area contributed by atoms with E-state index in [2.05, 4.69) is 69.2 Å². The van der Waals surface area contributed by atoms with Crippen molar-refractivity contribution in [2.45, 2.75) is 87.9 Å². The lowest BCUT2D eigenvalue weighted by Gasteiger charge is -2.54. The summed E-state index contributed by atoms with van der Waals surface area (Å²) in [5, 5.41) is 0. The van der Waals surface area contributed by atoms with Gasteiger partial charge in [0.05, 0.1) is 12.2 Å². The first-order valence-corrected chi connectivity index (χ1v) is 9.73. The molecule has 5 unspecified atom stereocenters. The average molecular weight is 311 g/mol. The van der Waals surface area contributed by atoms with Crippen LogP contribution in [0.2, 0.25) is 0 Å². The Labute approximate surface area is 140 Å². The van der Waals surface area contributed by atoms with Crippen molar-refractivity contribution in [3.63, 3.8) is 0 Å². The van der Waals surface area contributed by atoms with Gasteiger partial charge in [0, 0.05) is 0 Å². The predicted octanol–water partition coefficient (Wildman–Crippen LogP) is 6.27. The Morgan fingerprint density at radius 1 is 0.591 bits per heavy atom. The Hall–Kier alpha value is -0.0400. The maximum absolute atomic E-state index is 6.79. The molecule has 1 nitrogen and oxygen atoms in total. The summed E-state index contributed by atoms with van der Waals surface area (Å²) in [6.07, 6.45) is 2.07. The fourth-order valence-electron chi connectivity index (χ4n) is 4.97. The van der Waals surface area contributed by atoms with Gasteiger partial charge in [0.15, 0.2) is 0 Å². The van der Waals surface area contributed by atoms with Gasteiger partial charge in [0.1, 0.15) is 0 Å². The first kappa shape index (κ1) is 20.0. The van der Waals surface area contributed by atoms with Gasteiger partial charge in [0.2, 0.25) is 0 Å². The van der Waals surface area contributed by atoms with Crippen LogP contribution in [0.15, 0.2) is 0 Å². The minimum absolute atomic E-state index is 0.422. The average Bonchev–Trinajstić information content (AvgIpc) is 2.35. The van der Waals surface area contributed by atoms with Gasteiger partial charge < -0.3 is 4.74 Å². The third-order valence-electron chi connectivity index (χ3n) is 5.70. The zero-order valence-electron chi connectivity index (χ0n) is 16.9. The van der Waals surface area contributed by atoms with E-state index in [-0.39, 0.29) is 0 Å². The number of ether oxygens (including phenoxy) is 1. The molecule has 1 heterocycles. The standard InChI is InChI=1S/C21H42O/c1-12(2)11-17-18(13(3)4)19(14(5)6)20(15(7)8)21(22-17)16(9)10/h12-21H,11H2,1-10H3. The van der Waals surface area contributed by atoms with Crippen molar-refractivity contribution in [3.8, 4) is 0 Å². The molecule has 1 saturated heterocycles. The van der Waals surface area contributed by atoms with E-state index in [4.69, 9.17) is 4.74 Å². The zero-order chi connectivity index (χ0) is 17.2. The lowest BCUT2D eigenvalue weighted by Crippen LogP contribution is -2.54. The molecule has 0 aromatic rings. The van der Waals surface area contributed by atoms with Gasteiger partial charge >= 0.3 is 0 Å². The van der Waals surface area contributed by atoms with Crippen LogP contribution in [0.5, 0.6) is 0 Å². The lowest BCUT2D eigenvalue weighted by atomic mass is 9.60. The molecule has 0 radical (unpaired) electrons. The van der Waals surface area contributed by atoms with E-state index in [0.717, 1.165) is 11.8 Å². The van der Waals surface area contributed by atoms with Crippen molar-refractivity contribution in [2.24, 2.45) is 47.3 Å². The molecule has 1 heteroatoms. The van der Waals surface area contributed by atoms with Gasteiger partial charge in [-0.3, -0.25) is 0 Å². The molecule has 0 N–H and O–H groups in total. The second-order valence-corrected chi connectivity index (χ2v) is 9.48. The van der Waals surface area contributed by atoms with Crippen molar-refractivity contribution in [2.75, 3.05) is 0 Å². The van der Waals surface area contributed by atoms with Crippen LogP contribution in [0.3, 0.4) is 0 Å². The molecule has 1 rings (SSSR count). The summed E-state index contributed by atoms with van der Waals surface area (Å²) in [5.41, 5.74) is 0. The number of hydrogen-bond donors (Lipinski definition) is 0. The molecule has 22 heavy (non-hydrogen) atoms. The molecule has 1 aliphatic rings. The highest BCUT2D eigenvalue weighted by molar-refractivity contribution is 4.96. The maximum Gasteiger partial charge on any atom is 0.0635 e. The van der Waals surface area contributed by atoms with Crippen molar-refractivity contribution in [1.82, 2.24) is 0 Å². The van der Waals surface area contributed by atoms with E-state index in [1.54, 1.807) is 0 Å². The molecule has 0 saturated carbocycles. The van der Waals surface area contributed by atoms with Gasteiger partial charge in [-0.1, -0.05) is 69.2 Å². The van der Waals surface area contributed by atoms with Crippen molar-refractivity contribution >= 4 is 0 Å². The highest BCUT2D eigenvalue weighted by Crippen LogP contribution is 2.49. The summed E-state index contributed by atoms with van der Waals surface area (Å²) in [4.78, 5) is 0. The first-order chi connectivity index (χ1) is 10.1. The molecule has 5 atom stereocenters. The summed E-state index contributed by atoms with van der Waals surface area (Å²) >= 11 is 0. The Balaban J connectivity index is 3.24. The largest absolute Gasteiger partial charge is 0.374 e. The second-order valence-electron chi connectivity index (χ2n) is 9.48. The van der Waals surface area contributed by atoms with Crippen LogP contribution in [0.4, 0.5) is 0 Å². The Morgan fingerprint density at radius 3 is 1.36 bits per heavy atom. The van der Waals surface area contributed by atoms with E-state index >= 15 is 0 Å². The third kappa shape index (κ3) is 4.49. The van der Waals surface area contributed by atoms with Crippen molar-refractivity contribution < 1.29 is 4.74 Å². The van der Waals surface area contributed by atoms with Crippen LogP contribution >= 0.6 is 0 Å². The highest BCUT2D eigenvalue weighted by Gasteiger charge is 2.49. The first-order valence-electron chi connectivity index (χ1n) is 9.73. The molecule has 0 aromatic carbocycles. The lowest BCUT2D eigenvalue weighted by molar-refractivity contribution is -0.195. The molecule has 0 bridgehead atoms. The van der Waals surface area contributed by atoms with Crippen molar-refractivity contribution in [3.05, 3.63) is 0 Å². The van der Waals surface area contributed by atoms with Crippen molar-refractivity contribution in [1.29, 1.82) is 0 Å². The van der Waals surface area contributed by atoms with Gasteiger partial charge in [-0.25, -0.2) is 0 Å². The molecular weight excluding hydrogens is 268 g/mol.